The quantitative estimate of drug-likeness (QED) is 0.720. The van der Waals surface area contributed by atoms with E-state index < -0.39 is 0 Å². The summed E-state index contributed by atoms with van der Waals surface area (Å²) in [6, 6.07) is 5.47. The zero-order chi connectivity index (χ0) is 11.5. The summed E-state index contributed by atoms with van der Waals surface area (Å²) in [5.41, 5.74) is 1.74. The Bertz CT molecular complexity index is 362. The van der Waals surface area contributed by atoms with E-state index >= 15 is 0 Å². The summed E-state index contributed by atoms with van der Waals surface area (Å²) in [5.74, 6) is 0.198. The van der Waals surface area contributed by atoms with Crippen LogP contribution in [0.3, 0.4) is 0 Å². The summed E-state index contributed by atoms with van der Waals surface area (Å²) in [5, 5.41) is 9.75. The van der Waals surface area contributed by atoms with Crippen molar-refractivity contribution >= 4 is 0 Å². The third-order valence-corrected chi connectivity index (χ3v) is 3.56. The number of halogens is 1. The van der Waals surface area contributed by atoms with Gasteiger partial charge in [0.1, 0.15) is 5.82 Å². The lowest BCUT2D eigenvalue weighted by Gasteiger charge is -2.17. The van der Waals surface area contributed by atoms with Crippen LogP contribution in [-0.2, 0) is 0 Å². The fraction of sp³-hybridized carbons (Fsp3) is 0.571. The van der Waals surface area contributed by atoms with Gasteiger partial charge in [0, 0.05) is 0 Å². The third kappa shape index (κ3) is 2.62. The first-order chi connectivity index (χ1) is 7.66. The van der Waals surface area contributed by atoms with Gasteiger partial charge in [0.25, 0.3) is 0 Å². The van der Waals surface area contributed by atoms with Gasteiger partial charge < -0.3 is 5.11 Å². The maximum absolute atomic E-state index is 13.5. The van der Waals surface area contributed by atoms with Gasteiger partial charge in [-0.1, -0.05) is 25.0 Å². The normalized spacial score (nSPS) is 26.4. The first-order valence-electron chi connectivity index (χ1n) is 6.11. The van der Waals surface area contributed by atoms with Crippen molar-refractivity contribution in [1.82, 2.24) is 0 Å². The standard InChI is InChI=1S/C14H19FO/c1-10-6-7-12(9-14(10)15)11-4-2-3-5-13(16)8-11/h6-7,9,11,13,16H,2-5,8H2,1H3. The number of aryl methyl sites for hydroxylation is 1. The lowest BCUT2D eigenvalue weighted by Crippen LogP contribution is -2.09. The average molecular weight is 222 g/mol. The Hall–Kier alpha value is -0.890. The van der Waals surface area contributed by atoms with Gasteiger partial charge in [-0.3, -0.25) is 0 Å². The lowest BCUT2D eigenvalue weighted by molar-refractivity contribution is 0.152. The molecular formula is C14H19FO. The first-order valence-corrected chi connectivity index (χ1v) is 6.11. The van der Waals surface area contributed by atoms with E-state index in [-0.39, 0.29) is 11.9 Å². The summed E-state index contributed by atoms with van der Waals surface area (Å²) >= 11 is 0. The maximum Gasteiger partial charge on any atom is 0.126 e. The molecule has 1 aromatic carbocycles. The highest BCUT2D eigenvalue weighted by Crippen LogP contribution is 2.32. The molecule has 2 heteroatoms. The minimum atomic E-state index is -0.211. The van der Waals surface area contributed by atoms with Crippen LogP contribution in [0.15, 0.2) is 18.2 Å². The van der Waals surface area contributed by atoms with Crippen molar-refractivity contribution in [2.24, 2.45) is 0 Å². The van der Waals surface area contributed by atoms with E-state index in [1.54, 1.807) is 13.0 Å². The molecule has 0 bridgehead atoms. The highest BCUT2D eigenvalue weighted by atomic mass is 19.1. The van der Waals surface area contributed by atoms with E-state index in [1.807, 2.05) is 12.1 Å². The Morgan fingerprint density at radius 2 is 2.00 bits per heavy atom. The minimum Gasteiger partial charge on any atom is -0.393 e. The second-order valence-corrected chi connectivity index (χ2v) is 4.88. The topological polar surface area (TPSA) is 20.2 Å². The molecule has 1 aliphatic carbocycles. The van der Waals surface area contributed by atoms with Gasteiger partial charge in [-0.25, -0.2) is 4.39 Å². The highest BCUT2D eigenvalue weighted by Gasteiger charge is 2.20. The summed E-state index contributed by atoms with van der Waals surface area (Å²) in [6.07, 6.45) is 4.76. The molecule has 1 saturated carbocycles. The number of rotatable bonds is 1. The summed E-state index contributed by atoms with van der Waals surface area (Å²) in [7, 11) is 0. The van der Waals surface area contributed by atoms with Crippen molar-refractivity contribution in [3.8, 4) is 0 Å². The van der Waals surface area contributed by atoms with E-state index in [0.717, 1.165) is 37.7 Å². The van der Waals surface area contributed by atoms with Crippen LogP contribution in [-0.4, -0.2) is 11.2 Å². The Morgan fingerprint density at radius 3 is 2.75 bits per heavy atom. The first kappa shape index (κ1) is 11.6. The molecule has 1 N–H and O–H groups in total. The summed E-state index contributed by atoms with van der Waals surface area (Å²) in [4.78, 5) is 0. The molecule has 0 aromatic heterocycles. The largest absolute Gasteiger partial charge is 0.393 e. The van der Waals surface area contributed by atoms with E-state index in [4.69, 9.17) is 0 Å². The van der Waals surface area contributed by atoms with Gasteiger partial charge in [0.05, 0.1) is 6.10 Å². The molecule has 88 valence electrons. The molecule has 0 aliphatic heterocycles. The van der Waals surface area contributed by atoms with Gasteiger partial charge >= 0.3 is 0 Å². The lowest BCUT2D eigenvalue weighted by atomic mass is 9.90. The maximum atomic E-state index is 13.5. The molecule has 1 aromatic rings. The van der Waals surface area contributed by atoms with Gasteiger partial charge in [-0.2, -0.15) is 0 Å². The fourth-order valence-corrected chi connectivity index (χ4v) is 2.50. The van der Waals surface area contributed by atoms with Crippen LogP contribution in [0.25, 0.3) is 0 Å². The fourth-order valence-electron chi connectivity index (χ4n) is 2.50. The van der Waals surface area contributed by atoms with Crippen LogP contribution in [0.2, 0.25) is 0 Å². The van der Waals surface area contributed by atoms with Crippen molar-refractivity contribution in [3.05, 3.63) is 35.1 Å². The minimum absolute atomic E-state index is 0.128. The predicted molar refractivity (Wildman–Crippen MR) is 63.0 cm³/mol. The van der Waals surface area contributed by atoms with Crippen molar-refractivity contribution in [3.63, 3.8) is 0 Å². The SMILES string of the molecule is Cc1ccc(C2CCCCC(O)C2)cc1F. The molecule has 1 fully saturated rings. The molecule has 1 aliphatic rings. The van der Waals surface area contributed by atoms with Crippen molar-refractivity contribution < 1.29 is 9.50 Å². The average Bonchev–Trinajstić information content (AvgIpc) is 2.47. The molecule has 0 saturated heterocycles. The molecule has 0 amide bonds. The Labute approximate surface area is 96.3 Å². The van der Waals surface area contributed by atoms with Crippen LogP contribution in [0.5, 0.6) is 0 Å². The van der Waals surface area contributed by atoms with Gasteiger partial charge in [0.2, 0.25) is 0 Å². The molecule has 0 heterocycles. The van der Waals surface area contributed by atoms with Crippen molar-refractivity contribution in [2.75, 3.05) is 0 Å². The molecule has 2 unspecified atom stereocenters. The van der Waals surface area contributed by atoms with E-state index in [1.165, 1.54) is 0 Å². The smallest absolute Gasteiger partial charge is 0.126 e. The monoisotopic (exact) mass is 222 g/mol. The number of aliphatic hydroxyl groups is 1. The number of hydrogen-bond donors (Lipinski definition) is 1. The Morgan fingerprint density at radius 1 is 1.25 bits per heavy atom. The molecule has 16 heavy (non-hydrogen) atoms. The second-order valence-electron chi connectivity index (χ2n) is 4.88. The Balaban J connectivity index is 2.18. The van der Waals surface area contributed by atoms with E-state index in [9.17, 15) is 9.50 Å². The number of hydrogen-bond acceptors (Lipinski definition) is 1. The van der Waals surface area contributed by atoms with Gasteiger partial charge in [-0.15, -0.1) is 0 Å². The zero-order valence-corrected chi connectivity index (χ0v) is 9.75. The third-order valence-electron chi connectivity index (χ3n) is 3.56. The Kier molecular flexibility index (Phi) is 3.59. The molecular weight excluding hydrogens is 203 g/mol. The van der Waals surface area contributed by atoms with Gasteiger partial charge in [0.15, 0.2) is 0 Å². The predicted octanol–water partition coefficient (Wildman–Crippen LogP) is 3.54. The number of aliphatic hydroxyl groups excluding tert-OH is 1. The van der Waals surface area contributed by atoms with E-state index in [0.29, 0.717) is 11.5 Å². The molecule has 2 rings (SSSR count). The summed E-state index contributed by atoms with van der Waals surface area (Å²) < 4.78 is 13.5. The zero-order valence-electron chi connectivity index (χ0n) is 9.75. The van der Waals surface area contributed by atoms with Crippen LogP contribution in [0, 0.1) is 12.7 Å². The summed E-state index contributed by atoms with van der Waals surface area (Å²) in [6.45, 7) is 1.78. The van der Waals surface area contributed by atoms with Crippen LogP contribution in [0.1, 0.15) is 49.1 Å². The second kappa shape index (κ2) is 4.96. The van der Waals surface area contributed by atoms with Crippen LogP contribution in [0.4, 0.5) is 4.39 Å². The highest BCUT2D eigenvalue weighted by molar-refractivity contribution is 5.26. The van der Waals surface area contributed by atoms with Crippen LogP contribution >= 0.6 is 0 Å². The molecule has 0 spiro atoms. The van der Waals surface area contributed by atoms with Crippen molar-refractivity contribution in [2.45, 2.75) is 51.0 Å². The van der Waals surface area contributed by atoms with E-state index in [2.05, 4.69) is 0 Å². The molecule has 0 radical (unpaired) electrons. The molecule has 2 atom stereocenters. The number of benzene rings is 1. The van der Waals surface area contributed by atoms with Crippen molar-refractivity contribution in [1.29, 1.82) is 0 Å². The molecule has 1 nitrogen and oxygen atoms in total. The van der Waals surface area contributed by atoms with Crippen LogP contribution < -0.4 is 0 Å². The van der Waals surface area contributed by atoms with Gasteiger partial charge in [-0.05, 0) is 49.3 Å².